The molecule has 0 amide bonds. The molecule has 0 saturated heterocycles. The minimum absolute atomic E-state index is 0.101. The molecule has 2 rings (SSSR count). The van der Waals surface area contributed by atoms with Crippen LogP contribution in [0.25, 0.3) is 11.1 Å². The summed E-state index contributed by atoms with van der Waals surface area (Å²) in [5.74, 6) is -0.284. The fraction of sp³-hybridized carbons (Fsp3) is 0.429. The zero-order valence-corrected chi connectivity index (χ0v) is 11.7. The van der Waals surface area contributed by atoms with Crippen LogP contribution in [0.5, 0.6) is 0 Å². The summed E-state index contributed by atoms with van der Waals surface area (Å²) in [7, 11) is 0. The lowest BCUT2D eigenvalue weighted by Crippen LogP contribution is -2.15. The van der Waals surface area contributed by atoms with Crippen LogP contribution in [0.3, 0.4) is 0 Å². The number of rotatable bonds is 4. The van der Waals surface area contributed by atoms with E-state index < -0.39 is 0 Å². The summed E-state index contributed by atoms with van der Waals surface area (Å²) in [5.41, 5.74) is 2.91. The van der Waals surface area contributed by atoms with Crippen LogP contribution >= 0.6 is 0 Å². The van der Waals surface area contributed by atoms with E-state index in [1.165, 1.54) is 0 Å². The molecule has 2 aromatic heterocycles. The molecular weight excluding hydrogens is 262 g/mol. The molecule has 2 heterocycles. The number of aryl methyl sites for hydroxylation is 1. The van der Waals surface area contributed by atoms with E-state index in [2.05, 4.69) is 6.92 Å². The summed E-state index contributed by atoms with van der Waals surface area (Å²) in [6.45, 7) is 5.97. The number of ether oxygens (including phenoxy) is 1. The second-order valence-corrected chi connectivity index (χ2v) is 4.42. The van der Waals surface area contributed by atoms with Crippen molar-refractivity contribution in [1.29, 1.82) is 0 Å². The van der Waals surface area contributed by atoms with E-state index in [4.69, 9.17) is 18.7 Å². The number of esters is 1. The predicted molar refractivity (Wildman–Crippen MR) is 69.5 cm³/mol. The van der Waals surface area contributed by atoms with Crippen LogP contribution in [0, 0.1) is 5.92 Å². The number of hydrogen-bond donors (Lipinski definition) is 0. The smallest absolute Gasteiger partial charge is 0.373 e. The van der Waals surface area contributed by atoms with E-state index in [0.29, 0.717) is 0 Å². The van der Waals surface area contributed by atoms with Crippen LogP contribution in [-0.2, 0) is 32.3 Å². The van der Waals surface area contributed by atoms with Crippen LogP contribution in [0.4, 0.5) is 0 Å². The number of furan rings is 1. The predicted octanol–water partition coefficient (Wildman–Crippen LogP) is 2.37. The van der Waals surface area contributed by atoms with E-state index in [-0.39, 0.29) is 24.8 Å². The van der Waals surface area contributed by atoms with Crippen molar-refractivity contribution in [2.75, 3.05) is 0 Å². The lowest BCUT2D eigenvalue weighted by Gasteiger charge is -2.11. The van der Waals surface area contributed by atoms with E-state index in [9.17, 15) is 4.79 Å². The Morgan fingerprint density at radius 2 is 2.10 bits per heavy atom. The second kappa shape index (κ2) is 7.31. The average molecular weight is 279 g/mol. The van der Waals surface area contributed by atoms with Gasteiger partial charge in [-0.3, -0.25) is 4.79 Å². The molecule has 0 aliphatic carbocycles. The highest BCUT2D eigenvalue weighted by Gasteiger charge is 2.13. The van der Waals surface area contributed by atoms with Crippen molar-refractivity contribution in [3.05, 3.63) is 24.1 Å². The highest BCUT2D eigenvalue weighted by molar-refractivity contribution is 5.76. The first kappa shape index (κ1) is 15.7. The SMILES string of the molecule is CCc1cc2occc2n1COC(=O)C(C)C.O=C=O. The Hall–Kier alpha value is -2.33. The molecule has 6 nitrogen and oxygen atoms in total. The summed E-state index contributed by atoms with van der Waals surface area (Å²) < 4.78 is 12.6. The highest BCUT2D eigenvalue weighted by Crippen LogP contribution is 2.21. The van der Waals surface area contributed by atoms with Crippen molar-refractivity contribution in [3.63, 3.8) is 0 Å². The van der Waals surface area contributed by atoms with Gasteiger partial charge in [0.25, 0.3) is 0 Å². The number of aromatic nitrogens is 1. The molecule has 0 N–H and O–H groups in total. The Morgan fingerprint density at radius 3 is 2.65 bits per heavy atom. The maximum Gasteiger partial charge on any atom is 0.373 e. The van der Waals surface area contributed by atoms with Crippen molar-refractivity contribution in [2.45, 2.75) is 33.9 Å². The minimum Gasteiger partial charge on any atom is -0.463 e. The normalized spacial score (nSPS) is 10.0. The van der Waals surface area contributed by atoms with Crippen LogP contribution < -0.4 is 0 Å². The van der Waals surface area contributed by atoms with Gasteiger partial charge < -0.3 is 13.7 Å². The summed E-state index contributed by atoms with van der Waals surface area (Å²) in [5, 5.41) is 0. The largest absolute Gasteiger partial charge is 0.463 e. The summed E-state index contributed by atoms with van der Waals surface area (Å²) >= 11 is 0. The Morgan fingerprint density at radius 1 is 1.45 bits per heavy atom. The van der Waals surface area contributed by atoms with Gasteiger partial charge in [0.15, 0.2) is 12.3 Å². The van der Waals surface area contributed by atoms with Crippen LogP contribution in [0.1, 0.15) is 26.5 Å². The van der Waals surface area contributed by atoms with Crippen molar-refractivity contribution < 1.29 is 23.5 Å². The molecule has 0 bridgehead atoms. The molecule has 0 spiro atoms. The van der Waals surface area contributed by atoms with Gasteiger partial charge in [-0.25, -0.2) is 0 Å². The molecule has 108 valence electrons. The monoisotopic (exact) mass is 279 g/mol. The molecule has 0 aromatic carbocycles. The van der Waals surface area contributed by atoms with Gasteiger partial charge in [0.1, 0.15) is 0 Å². The lowest BCUT2D eigenvalue weighted by molar-refractivity contribution is -0.191. The van der Waals surface area contributed by atoms with Crippen molar-refractivity contribution in [3.8, 4) is 0 Å². The van der Waals surface area contributed by atoms with Crippen molar-refractivity contribution in [1.82, 2.24) is 4.57 Å². The second-order valence-electron chi connectivity index (χ2n) is 4.42. The van der Waals surface area contributed by atoms with Gasteiger partial charge in [0.05, 0.1) is 17.7 Å². The molecule has 0 unspecified atom stereocenters. The number of carbonyl (C=O) groups excluding carboxylic acids is 3. The van der Waals surface area contributed by atoms with Gasteiger partial charge in [-0.15, -0.1) is 0 Å². The third-order valence-corrected chi connectivity index (χ3v) is 2.78. The molecule has 0 fully saturated rings. The maximum atomic E-state index is 11.5. The first-order valence-corrected chi connectivity index (χ1v) is 6.26. The minimum atomic E-state index is -0.183. The Balaban J connectivity index is 0.000000612. The molecule has 0 saturated carbocycles. The maximum absolute atomic E-state index is 11.5. The summed E-state index contributed by atoms with van der Waals surface area (Å²) in [4.78, 5) is 27.7. The zero-order chi connectivity index (χ0) is 15.1. The van der Waals surface area contributed by atoms with Crippen molar-refractivity contribution in [2.24, 2.45) is 5.92 Å². The Labute approximate surface area is 116 Å². The first-order chi connectivity index (χ1) is 9.54. The molecule has 0 radical (unpaired) electrons. The summed E-state index contributed by atoms with van der Waals surface area (Å²) in [6.07, 6.45) is 2.77. The molecule has 0 atom stereocenters. The summed E-state index contributed by atoms with van der Waals surface area (Å²) in [6, 6.07) is 3.87. The fourth-order valence-electron chi connectivity index (χ4n) is 1.77. The number of nitrogens with zero attached hydrogens (tertiary/aromatic N) is 1. The molecule has 0 aliphatic heterocycles. The van der Waals surface area contributed by atoms with Gasteiger partial charge in [-0.05, 0) is 6.42 Å². The van der Waals surface area contributed by atoms with E-state index >= 15 is 0 Å². The lowest BCUT2D eigenvalue weighted by atomic mass is 10.2. The number of carbonyl (C=O) groups is 1. The molecular formula is C14H17NO5. The first-order valence-electron chi connectivity index (χ1n) is 6.26. The Bertz CT molecular complexity index is 602. The van der Waals surface area contributed by atoms with Gasteiger partial charge in [-0.2, -0.15) is 9.59 Å². The van der Waals surface area contributed by atoms with Gasteiger partial charge in [0, 0.05) is 17.8 Å². The molecule has 20 heavy (non-hydrogen) atoms. The molecule has 6 heteroatoms. The Kier molecular flexibility index (Phi) is 5.74. The number of fused-ring (bicyclic) bond motifs is 1. The zero-order valence-electron chi connectivity index (χ0n) is 11.7. The standard InChI is InChI=1S/C13H17NO3.CO2/c1-4-10-7-12-11(5-6-16-12)14(10)8-17-13(15)9(2)3;2-1-3/h5-7,9H,4,8H2,1-3H3;. The van der Waals surface area contributed by atoms with Gasteiger partial charge in [-0.1, -0.05) is 20.8 Å². The highest BCUT2D eigenvalue weighted by atomic mass is 16.5. The van der Waals surface area contributed by atoms with Crippen LogP contribution in [0.2, 0.25) is 0 Å². The quantitative estimate of drug-likeness (QED) is 0.803. The van der Waals surface area contributed by atoms with Crippen LogP contribution in [0.15, 0.2) is 22.8 Å². The van der Waals surface area contributed by atoms with Gasteiger partial charge in [0.2, 0.25) is 0 Å². The van der Waals surface area contributed by atoms with Crippen molar-refractivity contribution >= 4 is 23.2 Å². The molecule has 2 aromatic rings. The topological polar surface area (TPSA) is 78.5 Å². The fourth-order valence-corrected chi connectivity index (χ4v) is 1.77. The van der Waals surface area contributed by atoms with Crippen LogP contribution in [-0.4, -0.2) is 16.7 Å². The van der Waals surface area contributed by atoms with E-state index in [1.54, 1.807) is 6.26 Å². The van der Waals surface area contributed by atoms with E-state index in [0.717, 1.165) is 23.2 Å². The third-order valence-electron chi connectivity index (χ3n) is 2.78. The van der Waals surface area contributed by atoms with E-state index in [1.807, 2.05) is 30.5 Å². The van der Waals surface area contributed by atoms with Gasteiger partial charge >= 0.3 is 12.1 Å². The third kappa shape index (κ3) is 3.59. The molecule has 0 aliphatic rings. The number of hydrogen-bond acceptors (Lipinski definition) is 5. The average Bonchev–Trinajstić information content (AvgIpc) is 2.97.